The maximum Gasteiger partial charge on any atom is 0.326 e. The van der Waals surface area contributed by atoms with Crippen LogP contribution < -0.4 is 5.32 Å². The third-order valence-corrected chi connectivity index (χ3v) is 3.72. The number of hydrogen-bond acceptors (Lipinski definition) is 4. The summed E-state index contributed by atoms with van der Waals surface area (Å²) >= 11 is 0. The van der Waals surface area contributed by atoms with E-state index in [1.807, 2.05) is 19.2 Å². The highest BCUT2D eigenvalue weighted by atomic mass is 16.4. The molecule has 2 rings (SSSR count). The van der Waals surface area contributed by atoms with Crippen LogP contribution in [0.4, 0.5) is 0 Å². The van der Waals surface area contributed by atoms with E-state index in [4.69, 9.17) is 0 Å². The largest absolute Gasteiger partial charge is 0.480 e. The van der Waals surface area contributed by atoms with Crippen LogP contribution in [0, 0.1) is 0 Å². The predicted molar refractivity (Wildman–Crippen MR) is 77.2 cm³/mol. The summed E-state index contributed by atoms with van der Waals surface area (Å²) in [6.07, 6.45) is -0.00808. The van der Waals surface area contributed by atoms with Crippen LogP contribution in [-0.4, -0.2) is 59.3 Å². The van der Waals surface area contributed by atoms with Crippen LogP contribution in [0.5, 0.6) is 0 Å². The molecule has 1 heterocycles. The molecule has 6 nitrogen and oxygen atoms in total. The summed E-state index contributed by atoms with van der Waals surface area (Å²) < 4.78 is 0. The lowest BCUT2D eigenvalue weighted by Gasteiger charge is -2.22. The number of aliphatic hydroxyl groups excluding tert-OH is 1. The van der Waals surface area contributed by atoms with Gasteiger partial charge >= 0.3 is 5.97 Å². The molecule has 21 heavy (non-hydrogen) atoms. The standard InChI is InChI=1S/C15H20N2O4/c1-16-7-6-10-4-2-3-5-12(10)14(19)17-9-11(18)8-13(17)15(20)21/h2-5,11,13,16,18H,6-9H2,1H3,(H,20,21)/t11-,13+/m1/s1. The molecule has 1 aliphatic rings. The monoisotopic (exact) mass is 292 g/mol. The topological polar surface area (TPSA) is 89.9 Å². The molecule has 1 aromatic carbocycles. The lowest BCUT2D eigenvalue weighted by atomic mass is 10.0. The number of nitrogens with zero attached hydrogens (tertiary/aromatic N) is 1. The van der Waals surface area contributed by atoms with E-state index < -0.39 is 18.1 Å². The summed E-state index contributed by atoms with van der Waals surface area (Å²) in [4.78, 5) is 25.1. The maximum atomic E-state index is 12.6. The van der Waals surface area contributed by atoms with Gasteiger partial charge in [-0.2, -0.15) is 0 Å². The van der Waals surface area contributed by atoms with Gasteiger partial charge in [-0.1, -0.05) is 18.2 Å². The Kier molecular flexibility index (Phi) is 4.93. The van der Waals surface area contributed by atoms with E-state index in [1.54, 1.807) is 12.1 Å². The Morgan fingerprint density at radius 1 is 1.38 bits per heavy atom. The van der Waals surface area contributed by atoms with Gasteiger partial charge in [-0.05, 0) is 31.6 Å². The molecule has 1 fully saturated rings. The summed E-state index contributed by atoms with van der Waals surface area (Å²) in [7, 11) is 1.84. The Morgan fingerprint density at radius 2 is 2.10 bits per heavy atom. The highest BCUT2D eigenvalue weighted by Gasteiger charge is 2.39. The normalized spacial score (nSPS) is 21.5. The molecule has 0 spiro atoms. The number of β-amino-alcohol motifs (C(OH)–C–C–N with tert-alkyl or cyclic N) is 1. The zero-order valence-corrected chi connectivity index (χ0v) is 12.0. The fraction of sp³-hybridized carbons (Fsp3) is 0.467. The SMILES string of the molecule is CNCCc1ccccc1C(=O)N1C[C@H](O)C[C@H]1C(=O)O. The lowest BCUT2D eigenvalue weighted by Crippen LogP contribution is -2.41. The van der Waals surface area contributed by atoms with Crippen molar-refractivity contribution in [3.05, 3.63) is 35.4 Å². The van der Waals surface area contributed by atoms with Gasteiger partial charge in [0.05, 0.1) is 6.10 Å². The summed E-state index contributed by atoms with van der Waals surface area (Å²) in [5.74, 6) is -1.40. The average Bonchev–Trinajstić information content (AvgIpc) is 2.87. The van der Waals surface area contributed by atoms with Crippen LogP contribution in [0.1, 0.15) is 22.3 Å². The predicted octanol–water partition coefficient (Wildman–Crippen LogP) is 0.108. The number of likely N-dealkylation sites (N-methyl/N-ethyl adjacent to an activating group) is 1. The number of amides is 1. The van der Waals surface area contributed by atoms with Gasteiger partial charge in [-0.25, -0.2) is 4.79 Å². The zero-order valence-electron chi connectivity index (χ0n) is 12.0. The molecule has 1 saturated heterocycles. The van der Waals surface area contributed by atoms with Crippen molar-refractivity contribution < 1.29 is 19.8 Å². The van der Waals surface area contributed by atoms with Crippen molar-refractivity contribution in [2.45, 2.75) is 25.0 Å². The van der Waals surface area contributed by atoms with E-state index in [0.29, 0.717) is 12.0 Å². The molecule has 1 amide bonds. The highest BCUT2D eigenvalue weighted by molar-refractivity contribution is 5.98. The van der Waals surface area contributed by atoms with Gasteiger partial charge in [0.15, 0.2) is 0 Å². The number of hydrogen-bond donors (Lipinski definition) is 3. The Bertz CT molecular complexity index is 532. The number of carbonyl (C=O) groups excluding carboxylic acids is 1. The second-order valence-corrected chi connectivity index (χ2v) is 5.21. The van der Waals surface area contributed by atoms with Crippen LogP contribution in [0.2, 0.25) is 0 Å². The first kappa shape index (κ1) is 15.5. The first-order valence-corrected chi connectivity index (χ1v) is 6.99. The van der Waals surface area contributed by atoms with Gasteiger partial charge in [0.25, 0.3) is 5.91 Å². The minimum absolute atomic E-state index is 0.0656. The number of carbonyl (C=O) groups is 2. The smallest absolute Gasteiger partial charge is 0.326 e. The Hall–Kier alpha value is -1.92. The molecule has 0 aliphatic carbocycles. The maximum absolute atomic E-state index is 12.6. The van der Waals surface area contributed by atoms with Crippen molar-refractivity contribution in [3.63, 3.8) is 0 Å². The summed E-state index contributed by atoms with van der Waals surface area (Å²) in [5, 5.41) is 21.9. The highest BCUT2D eigenvalue weighted by Crippen LogP contribution is 2.22. The number of carboxylic acids is 1. The Balaban J connectivity index is 2.25. The van der Waals surface area contributed by atoms with Crippen LogP contribution in [0.25, 0.3) is 0 Å². The van der Waals surface area contributed by atoms with Crippen molar-refractivity contribution in [3.8, 4) is 0 Å². The summed E-state index contributed by atoms with van der Waals surface area (Å²) in [6.45, 7) is 0.797. The number of nitrogens with one attached hydrogen (secondary N) is 1. The van der Waals surface area contributed by atoms with Crippen LogP contribution >= 0.6 is 0 Å². The molecular formula is C15H20N2O4. The van der Waals surface area contributed by atoms with E-state index in [-0.39, 0.29) is 18.9 Å². The number of likely N-dealkylation sites (tertiary alicyclic amines) is 1. The van der Waals surface area contributed by atoms with Gasteiger partial charge in [-0.3, -0.25) is 4.79 Å². The average molecular weight is 292 g/mol. The molecule has 3 N–H and O–H groups in total. The molecule has 0 aromatic heterocycles. The minimum Gasteiger partial charge on any atom is -0.480 e. The Labute approximate surface area is 123 Å². The summed E-state index contributed by atoms with van der Waals surface area (Å²) in [6, 6.07) is 6.24. The third-order valence-electron chi connectivity index (χ3n) is 3.72. The van der Waals surface area contributed by atoms with Crippen LogP contribution in [-0.2, 0) is 11.2 Å². The molecule has 0 radical (unpaired) electrons. The fourth-order valence-corrected chi connectivity index (χ4v) is 2.63. The van der Waals surface area contributed by atoms with Gasteiger partial charge in [-0.15, -0.1) is 0 Å². The van der Waals surface area contributed by atoms with Crippen molar-refractivity contribution >= 4 is 11.9 Å². The van der Waals surface area contributed by atoms with Crippen LogP contribution in [0.3, 0.4) is 0 Å². The fourth-order valence-electron chi connectivity index (χ4n) is 2.63. The van der Waals surface area contributed by atoms with E-state index in [2.05, 4.69) is 5.32 Å². The lowest BCUT2D eigenvalue weighted by molar-refractivity contribution is -0.141. The summed E-state index contributed by atoms with van der Waals surface area (Å²) in [5.41, 5.74) is 1.38. The van der Waals surface area contributed by atoms with Crippen molar-refractivity contribution in [1.82, 2.24) is 10.2 Å². The first-order chi connectivity index (χ1) is 10.0. The van der Waals surface area contributed by atoms with E-state index >= 15 is 0 Å². The number of aliphatic carboxylic acids is 1. The van der Waals surface area contributed by atoms with Gasteiger partial charge in [0.1, 0.15) is 6.04 Å². The number of carboxylic acid groups (broad SMARTS) is 1. The van der Waals surface area contributed by atoms with E-state index in [0.717, 1.165) is 12.1 Å². The van der Waals surface area contributed by atoms with Gasteiger partial charge < -0.3 is 20.4 Å². The Morgan fingerprint density at radius 3 is 2.76 bits per heavy atom. The first-order valence-electron chi connectivity index (χ1n) is 6.99. The molecule has 0 bridgehead atoms. The molecule has 6 heteroatoms. The molecule has 1 aromatic rings. The molecule has 114 valence electrons. The number of benzene rings is 1. The quantitative estimate of drug-likeness (QED) is 0.716. The van der Waals surface area contributed by atoms with Crippen molar-refractivity contribution in [2.75, 3.05) is 20.1 Å². The molecular weight excluding hydrogens is 272 g/mol. The molecule has 1 aliphatic heterocycles. The molecule has 0 saturated carbocycles. The molecule has 2 atom stereocenters. The third kappa shape index (κ3) is 3.40. The molecule has 0 unspecified atom stereocenters. The number of aliphatic hydroxyl groups is 1. The zero-order chi connectivity index (χ0) is 15.4. The second kappa shape index (κ2) is 6.69. The van der Waals surface area contributed by atoms with Gasteiger partial charge in [0.2, 0.25) is 0 Å². The van der Waals surface area contributed by atoms with Crippen LogP contribution in [0.15, 0.2) is 24.3 Å². The van der Waals surface area contributed by atoms with Crippen molar-refractivity contribution in [1.29, 1.82) is 0 Å². The minimum atomic E-state index is -1.08. The van der Waals surface area contributed by atoms with Gasteiger partial charge in [0, 0.05) is 18.5 Å². The second-order valence-electron chi connectivity index (χ2n) is 5.21. The van der Waals surface area contributed by atoms with E-state index in [1.165, 1.54) is 4.90 Å². The van der Waals surface area contributed by atoms with E-state index in [9.17, 15) is 19.8 Å². The number of rotatable bonds is 5. The van der Waals surface area contributed by atoms with Crippen molar-refractivity contribution in [2.24, 2.45) is 0 Å².